The summed E-state index contributed by atoms with van der Waals surface area (Å²) in [5.41, 5.74) is 1.72. The number of hydrogen-bond donors (Lipinski definition) is 1. The summed E-state index contributed by atoms with van der Waals surface area (Å²) in [6.07, 6.45) is 10.6. The molecule has 1 aromatic heterocycles. The highest BCUT2D eigenvalue weighted by Crippen LogP contribution is 2.41. The van der Waals surface area contributed by atoms with Crippen molar-refractivity contribution in [1.29, 1.82) is 0 Å². The topological polar surface area (TPSA) is 77.9 Å². The van der Waals surface area contributed by atoms with Gasteiger partial charge in [-0.3, -0.25) is 9.78 Å². The van der Waals surface area contributed by atoms with E-state index in [9.17, 15) is 9.90 Å². The van der Waals surface area contributed by atoms with Gasteiger partial charge in [0.25, 0.3) is 0 Å². The van der Waals surface area contributed by atoms with Crippen molar-refractivity contribution in [1.82, 2.24) is 4.98 Å². The number of aliphatic hydroxyl groups excluding tert-OH is 1. The average molecular weight is 644 g/mol. The number of carbonyl (C=O) groups excluding carboxylic acids is 1. The standard InChI is InChI=1S/C36H61NO5Si2/c1-13-14-15-21-30(38)34-29-20-17-16-19-28(29)27(26-37-34)24-25-32(42-44(11,12)36(5,6)7)31(22-18-23-33(39)40-8)41-43(9,10)35(2,3)4/h16-17,19-20,24-26,30-32,38H,13-15,18,21-23H2,1-12H3/b25-24+/t30-,31?,32?/m0/s1. The van der Waals surface area contributed by atoms with Crippen LogP contribution in [0.25, 0.3) is 16.8 Å². The van der Waals surface area contributed by atoms with Crippen molar-refractivity contribution in [3.8, 4) is 0 Å². The number of fused-ring (bicyclic) bond motifs is 1. The fourth-order valence-corrected chi connectivity index (χ4v) is 7.34. The maximum atomic E-state index is 12.0. The first-order valence-electron chi connectivity index (χ1n) is 16.5. The summed E-state index contributed by atoms with van der Waals surface area (Å²) in [5.74, 6) is -0.206. The number of esters is 1. The van der Waals surface area contributed by atoms with E-state index in [4.69, 9.17) is 18.6 Å². The van der Waals surface area contributed by atoms with Crippen LogP contribution in [0.1, 0.15) is 111 Å². The molecule has 2 unspecified atom stereocenters. The Hall–Kier alpha value is -1.85. The lowest BCUT2D eigenvalue weighted by molar-refractivity contribution is -0.140. The lowest BCUT2D eigenvalue weighted by atomic mass is 9.99. The zero-order chi connectivity index (χ0) is 33.3. The fraction of sp³-hybridized carbons (Fsp3) is 0.667. The molecule has 1 heterocycles. The van der Waals surface area contributed by atoms with Crippen molar-refractivity contribution in [2.75, 3.05) is 7.11 Å². The van der Waals surface area contributed by atoms with Crippen LogP contribution in [0.5, 0.6) is 0 Å². The Morgan fingerprint density at radius 2 is 1.50 bits per heavy atom. The summed E-state index contributed by atoms with van der Waals surface area (Å²) in [7, 11) is -2.95. The molecule has 1 N–H and O–H groups in total. The summed E-state index contributed by atoms with van der Waals surface area (Å²) in [6, 6.07) is 8.20. The van der Waals surface area contributed by atoms with Gasteiger partial charge in [-0.15, -0.1) is 0 Å². The molecule has 0 aliphatic carbocycles. The largest absolute Gasteiger partial charge is 0.469 e. The van der Waals surface area contributed by atoms with E-state index < -0.39 is 22.7 Å². The van der Waals surface area contributed by atoms with Gasteiger partial charge in [0.1, 0.15) is 0 Å². The first kappa shape index (κ1) is 38.3. The number of aliphatic hydroxyl groups is 1. The van der Waals surface area contributed by atoms with E-state index in [0.29, 0.717) is 25.7 Å². The van der Waals surface area contributed by atoms with Crippen molar-refractivity contribution < 1.29 is 23.5 Å². The van der Waals surface area contributed by atoms with E-state index in [1.54, 1.807) is 0 Å². The molecule has 0 radical (unpaired) electrons. The van der Waals surface area contributed by atoms with Crippen LogP contribution < -0.4 is 0 Å². The average Bonchev–Trinajstić information content (AvgIpc) is 2.93. The number of nitrogens with zero attached hydrogens (tertiary/aromatic N) is 1. The quantitative estimate of drug-likeness (QED) is 0.111. The number of hydrogen-bond acceptors (Lipinski definition) is 6. The van der Waals surface area contributed by atoms with Gasteiger partial charge >= 0.3 is 5.97 Å². The number of aromatic nitrogens is 1. The van der Waals surface area contributed by atoms with Gasteiger partial charge in [-0.05, 0) is 60.9 Å². The molecule has 0 aliphatic heterocycles. The second kappa shape index (κ2) is 16.1. The van der Waals surface area contributed by atoms with Crippen LogP contribution in [-0.4, -0.2) is 52.0 Å². The third-order valence-corrected chi connectivity index (χ3v) is 18.6. The zero-order valence-electron chi connectivity index (χ0n) is 29.8. The molecule has 3 atom stereocenters. The van der Waals surface area contributed by atoms with E-state index in [1.807, 2.05) is 18.3 Å². The maximum absolute atomic E-state index is 12.0. The van der Waals surface area contributed by atoms with E-state index >= 15 is 0 Å². The molecule has 2 rings (SSSR count). The summed E-state index contributed by atoms with van der Waals surface area (Å²) in [6.45, 7) is 24.8. The molecule has 1 aromatic carbocycles. The van der Waals surface area contributed by atoms with Gasteiger partial charge in [-0.2, -0.15) is 0 Å². The van der Waals surface area contributed by atoms with Crippen molar-refractivity contribution >= 4 is 39.5 Å². The minimum atomic E-state index is -2.21. The van der Waals surface area contributed by atoms with Crippen molar-refractivity contribution in [3.63, 3.8) is 0 Å². The smallest absolute Gasteiger partial charge is 0.305 e. The maximum Gasteiger partial charge on any atom is 0.305 e. The Balaban J connectivity index is 2.59. The van der Waals surface area contributed by atoms with Gasteiger partial charge in [-0.1, -0.05) is 104 Å². The SMILES string of the molecule is CCCCC[C@H](O)c1ncc(/C=C/C(O[Si](C)(C)C(C)(C)C)C(CCCC(=O)OC)O[Si](C)(C)C(C)(C)C)c2ccccc12. The summed E-state index contributed by atoms with van der Waals surface area (Å²) in [5, 5.41) is 13.1. The van der Waals surface area contributed by atoms with Crippen molar-refractivity contribution in [3.05, 3.63) is 47.8 Å². The number of rotatable bonds is 16. The van der Waals surface area contributed by atoms with Gasteiger partial charge in [0, 0.05) is 23.6 Å². The Kier molecular flexibility index (Phi) is 14.0. The molecule has 0 amide bonds. The normalized spacial score (nSPS) is 15.5. The molecule has 0 saturated heterocycles. The molecule has 2 aromatic rings. The van der Waals surface area contributed by atoms with E-state index in [2.05, 4.69) is 98.9 Å². The van der Waals surface area contributed by atoms with Crippen LogP contribution in [0.3, 0.4) is 0 Å². The van der Waals surface area contributed by atoms with Gasteiger partial charge in [0.05, 0.1) is 31.1 Å². The molecule has 0 fully saturated rings. The molecule has 248 valence electrons. The third kappa shape index (κ3) is 10.6. The highest BCUT2D eigenvalue weighted by atomic mass is 28.4. The lowest BCUT2D eigenvalue weighted by Crippen LogP contribution is -2.51. The Bertz CT molecular complexity index is 1230. The van der Waals surface area contributed by atoms with Gasteiger partial charge in [0.15, 0.2) is 16.6 Å². The van der Waals surface area contributed by atoms with E-state index in [1.165, 1.54) is 7.11 Å². The molecule has 0 bridgehead atoms. The van der Waals surface area contributed by atoms with Crippen LogP contribution in [0.2, 0.25) is 36.3 Å². The van der Waals surface area contributed by atoms with E-state index in [0.717, 1.165) is 41.3 Å². The molecule has 44 heavy (non-hydrogen) atoms. The Morgan fingerprint density at radius 3 is 2.07 bits per heavy atom. The number of ether oxygens (including phenoxy) is 1. The molecule has 0 spiro atoms. The summed E-state index contributed by atoms with van der Waals surface area (Å²) in [4.78, 5) is 16.8. The highest BCUT2D eigenvalue weighted by molar-refractivity contribution is 6.74. The number of pyridine rings is 1. The zero-order valence-corrected chi connectivity index (χ0v) is 31.8. The number of benzene rings is 1. The number of methoxy groups -OCH3 is 1. The van der Waals surface area contributed by atoms with Crippen molar-refractivity contribution in [2.24, 2.45) is 0 Å². The monoisotopic (exact) mass is 643 g/mol. The predicted molar refractivity (Wildman–Crippen MR) is 190 cm³/mol. The molecule has 0 aliphatic rings. The minimum Gasteiger partial charge on any atom is -0.469 e. The second-order valence-corrected chi connectivity index (χ2v) is 24.8. The summed E-state index contributed by atoms with van der Waals surface area (Å²) < 4.78 is 19.2. The van der Waals surface area contributed by atoms with Gasteiger partial charge in [-0.25, -0.2) is 0 Å². The van der Waals surface area contributed by atoms with Crippen molar-refractivity contribution in [2.45, 2.75) is 148 Å². The van der Waals surface area contributed by atoms with Gasteiger partial charge in [0.2, 0.25) is 0 Å². The van der Waals surface area contributed by atoms with Crippen LogP contribution in [0.15, 0.2) is 36.5 Å². The molecular formula is C36H61NO5Si2. The fourth-order valence-electron chi connectivity index (χ4n) is 4.71. The first-order chi connectivity index (χ1) is 20.3. The van der Waals surface area contributed by atoms with Crippen LogP contribution in [0.4, 0.5) is 0 Å². The Labute approximate surface area is 270 Å². The Morgan fingerprint density at radius 1 is 0.909 bits per heavy atom. The van der Waals surface area contributed by atoms with Gasteiger partial charge < -0.3 is 18.7 Å². The minimum absolute atomic E-state index is 0.0104. The highest BCUT2D eigenvalue weighted by Gasteiger charge is 2.44. The molecule has 6 nitrogen and oxygen atoms in total. The second-order valence-electron chi connectivity index (χ2n) is 15.2. The molecular weight excluding hydrogens is 583 g/mol. The van der Waals surface area contributed by atoms with Crippen LogP contribution in [-0.2, 0) is 18.4 Å². The third-order valence-electron chi connectivity index (χ3n) is 9.67. The first-order valence-corrected chi connectivity index (χ1v) is 22.3. The van der Waals surface area contributed by atoms with Crippen LogP contribution >= 0.6 is 0 Å². The van der Waals surface area contributed by atoms with E-state index in [-0.39, 0.29) is 28.3 Å². The van der Waals surface area contributed by atoms with Crippen LogP contribution in [0, 0.1) is 0 Å². The molecule has 0 saturated carbocycles. The summed E-state index contributed by atoms with van der Waals surface area (Å²) >= 11 is 0. The lowest BCUT2D eigenvalue weighted by Gasteiger charge is -2.44. The number of carbonyl (C=O) groups is 1. The molecule has 8 heteroatoms. The number of unbranched alkanes of at least 4 members (excludes halogenated alkanes) is 2. The predicted octanol–water partition coefficient (Wildman–Crippen LogP) is 9.99.